The topological polar surface area (TPSA) is 61.9 Å². The number of carbonyl (C=O) groups is 2. The van der Waals surface area contributed by atoms with Gasteiger partial charge >= 0.3 is 0 Å². The Morgan fingerprint density at radius 3 is 2.38 bits per heavy atom. The zero-order chi connectivity index (χ0) is 17.2. The number of nitrogens with zero attached hydrogens (tertiary/aromatic N) is 2. The molecule has 0 bridgehead atoms. The second kappa shape index (κ2) is 7.40. The number of rotatable bonds is 3. The Morgan fingerprint density at radius 2 is 1.75 bits per heavy atom. The van der Waals surface area contributed by atoms with Gasteiger partial charge in [0.15, 0.2) is 0 Å². The predicted octanol–water partition coefficient (Wildman–Crippen LogP) is 1.00. The Kier molecular flexibility index (Phi) is 5.45. The zero-order valence-electron chi connectivity index (χ0n) is 15.1. The van der Waals surface area contributed by atoms with Crippen LogP contribution in [0.1, 0.15) is 45.4 Å². The lowest BCUT2D eigenvalue weighted by Gasteiger charge is -2.46. The van der Waals surface area contributed by atoms with Crippen LogP contribution < -0.4 is 5.32 Å². The van der Waals surface area contributed by atoms with Gasteiger partial charge in [-0.3, -0.25) is 14.5 Å². The molecule has 1 N–H and O–H groups in total. The number of likely N-dealkylation sites (N-methyl/N-ethyl adjacent to an activating group) is 1. The number of ether oxygens (including phenoxy) is 1. The van der Waals surface area contributed by atoms with Crippen molar-refractivity contribution < 1.29 is 14.3 Å². The van der Waals surface area contributed by atoms with E-state index in [-0.39, 0.29) is 17.9 Å². The van der Waals surface area contributed by atoms with Gasteiger partial charge < -0.3 is 15.0 Å². The lowest BCUT2D eigenvalue weighted by molar-refractivity contribution is -0.149. The van der Waals surface area contributed by atoms with Gasteiger partial charge in [0, 0.05) is 39.9 Å². The van der Waals surface area contributed by atoms with E-state index in [0.29, 0.717) is 32.0 Å². The Balaban J connectivity index is 1.78. The standard InChI is InChI=1S/C18H31N3O3/c1-14-5-10-20(11-6-14)16(22)15-4-3-9-21(15)18(17(23)19-2)7-12-24-13-8-18/h14-15H,3-13H2,1-2H3,(H,19,23)/t15-/m0/s1. The molecular weight excluding hydrogens is 306 g/mol. The molecule has 24 heavy (non-hydrogen) atoms. The van der Waals surface area contributed by atoms with E-state index in [4.69, 9.17) is 4.74 Å². The second-order valence-electron chi connectivity index (χ2n) is 7.58. The largest absolute Gasteiger partial charge is 0.381 e. The minimum Gasteiger partial charge on any atom is -0.381 e. The number of hydrogen-bond donors (Lipinski definition) is 1. The summed E-state index contributed by atoms with van der Waals surface area (Å²) in [4.78, 5) is 30.1. The third kappa shape index (κ3) is 3.18. The molecule has 3 saturated heterocycles. The predicted molar refractivity (Wildman–Crippen MR) is 91.6 cm³/mol. The van der Waals surface area contributed by atoms with Crippen molar-refractivity contribution in [2.45, 2.75) is 57.0 Å². The molecule has 0 aromatic carbocycles. The molecule has 3 aliphatic rings. The van der Waals surface area contributed by atoms with Crippen molar-refractivity contribution in [1.82, 2.24) is 15.1 Å². The lowest BCUT2D eigenvalue weighted by Crippen LogP contribution is -2.64. The van der Waals surface area contributed by atoms with Gasteiger partial charge in [-0.25, -0.2) is 0 Å². The van der Waals surface area contributed by atoms with Gasteiger partial charge in [-0.05, 0) is 44.4 Å². The molecule has 3 heterocycles. The fourth-order valence-electron chi connectivity index (χ4n) is 4.56. The van der Waals surface area contributed by atoms with Crippen LogP contribution in [0.4, 0.5) is 0 Å². The Hall–Kier alpha value is -1.14. The SMILES string of the molecule is CNC(=O)C1(N2CCC[C@H]2C(=O)N2CCC(C)CC2)CCOCC1. The van der Waals surface area contributed by atoms with Crippen molar-refractivity contribution in [3.05, 3.63) is 0 Å². The van der Waals surface area contributed by atoms with Crippen LogP contribution in [0.5, 0.6) is 0 Å². The molecule has 136 valence electrons. The highest BCUT2D eigenvalue weighted by Crippen LogP contribution is 2.36. The van der Waals surface area contributed by atoms with Crippen LogP contribution in [0.2, 0.25) is 0 Å². The van der Waals surface area contributed by atoms with E-state index in [1.54, 1.807) is 7.05 Å². The molecule has 0 radical (unpaired) electrons. The summed E-state index contributed by atoms with van der Waals surface area (Å²) in [5.74, 6) is 0.980. The van der Waals surface area contributed by atoms with Crippen LogP contribution in [0.3, 0.4) is 0 Å². The van der Waals surface area contributed by atoms with E-state index in [1.165, 1.54) is 0 Å². The van der Waals surface area contributed by atoms with E-state index in [2.05, 4.69) is 17.1 Å². The van der Waals surface area contributed by atoms with Crippen molar-refractivity contribution in [2.24, 2.45) is 5.92 Å². The first-order valence-corrected chi connectivity index (χ1v) is 9.44. The maximum absolute atomic E-state index is 13.1. The van der Waals surface area contributed by atoms with Crippen LogP contribution in [-0.4, -0.2) is 73.1 Å². The maximum atomic E-state index is 13.1. The summed E-state index contributed by atoms with van der Waals surface area (Å²) in [6.07, 6.45) is 5.38. The molecule has 3 rings (SSSR count). The average molecular weight is 337 g/mol. The van der Waals surface area contributed by atoms with Crippen molar-refractivity contribution in [3.8, 4) is 0 Å². The fraction of sp³-hybridized carbons (Fsp3) is 0.889. The Morgan fingerprint density at radius 1 is 1.08 bits per heavy atom. The van der Waals surface area contributed by atoms with Gasteiger partial charge in [0.05, 0.1) is 6.04 Å². The van der Waals surface area contributed by atoms with E-state index in [9.17, 15) is 9.59 Å². The summed E-state index contributed by atoms with van der Waals surface area (Å²) in [7, 11) is 1.69. The normalized spacial score (nSPS) is 28.8. The van der Waals surface area contributed by atoms with Gasteiger partial charge in [0.2, 0.25) is 11.8 Å². The highest BCUT2D eigenvalue weighted by Gasteiger charge is 2.51. The van der Waals surface area contributed by atoms with Crippen molar-refractivity contribution in [3.63, 3.8) is 0 Å². The van der Waals surface area contributed by atoms with Crippen LogP contribution in [-0.2, 0) is 14.3 Å². The second-order valence-corrected chi connectivity index (χ2v) is 7.58. The number of hydrogen-bond acceptors (Lipinski definition) is 4. The Labute approximate surface area is 144 Å². The van der Waals surface area contributed by atoms with Crippen LogP contribution in [0.15, 0.2) is 0 Å². The first-order valence-electron chi connectivity index (χ1n) is 9.44. The first-order chi connectivity index (χ1) is 11.6. The van der Waals surface area contributed by atoms with E-state index in [0.717, 1.165) is 45.3 Å². The molecule has 0 spiro atoms. The maximum Gasteiger partial charge on any atom is 0.240 e. The highest BCUT2D eigenvalue weighted by molar-refractivity contribution is 5.88. The highest BCUT2D eigenvalue weighted by atomic mass is 16.5. The number of amides is 2. The molecule has 0 unspecified atom stereocenters. The monoisotopic (exact) mass is 337 g/mol. The van der Waals surface area contributed by atoms with Crippen molar-refractivity contribution in [1.29, 1.82) is 0 Å². The van der Waals surface area contributed by atoms with Crippen molar-refractivity contribution >= 4 is 11.8 Å². The van der Waals surface area contributed by atoms with E-state index < -0.39 is 5.54 Å². The molecule has 1 atom stereocenters. The van der Waals surface area contributed by atoms with Crippen LogP contribution in [0, 0.1) is 5.92 Å². The first kappa shape index (κ1) is 17.7. The third-order valence-corrected chi connectivity index (χ3v) is 6.15. The van der Waals surface area contributed by atoms with Crippen molar-refractivity contribution in [2.75, 3.05) is 39.9 Å². The summed E-state index contributed by atoms with van der Waals surface area (Å²) in [5, 5.41) is 2.84. The molecule has 2 amide bonds. The molecule has 0 saturated carbocycles. The van der Waals surface area contributed by atoms with E-state index in [1.807, 2.05) is 4.90 Å². The smallest absolute Gasteiger partial charge is 0.240 e. The van der Waals surface area contributed by atoms with Gasteiger partial charge in [-0.15, -0.1) is 0 Å². The molecular formula is C18H31N3O3. The molecule has 6 nitrogen and oxygen atoms in total. The average Bonchev–Trinajstić information content (AvgIpc) is 3.12. The molecule has 6 heteroatoms. The molecule has 0 aromatic heterocycles. The minimum atomic E-state index is -0.576. The summed E-state index contributed by atoms with van der Waals surface area (Å²) in [6.45, 7) is 5.99. The summed E-state index contributed by atoms with van der Waals surface area (Å²) < 4.78 is 5.50. The van der Waals surface area contributed by atoms with Crippen LogP contribution in [0.25, 0.3) is 0 Å². The van der Waals surface area contributed by atoms with Gasteiger partial charge in [0.1, 0.15) is 5.54 Å². The molecule has 3 fully saturated rings. The van der Waals surface area contributed by atoms with Gasteiger partial charge in [-0.1, -0.05) is 6.92 Å². The number of carbonyl (C=O) groups excluding carboxylic acids is 2. The third-order valence-electron chi connectivity index (χ3n) is 6.15. The van der Waals surface area contributed by atoms with Gasteiger partial charge in [0.25, 0.3) is 0 Å². The summed E-state index contributed by atoms with van der Waals surface area (Å²) in [5.41, 5.74) is -0.576. The minimum absolute atomic E-state index is 0.0396. The quantitative estimate of drug-likeness (QED) is 0.835. The van der Waals surface area contributed by atoms with Crippen LogP contribution >= 0.6 is 0 Å². The molecule has 0 aliphatic carbocycles. The summed E-state index contributed by atoms with van der Waals surface area (Å²) >= 11 is 0. The van der Waals surface area contributed by atoms with Gasteiger partial charge in [-0.2, -0.15) is 0 Å². The molecule has 0 aromatic rings. The number of likely N-dealkylation sites (tertiary alicyclic amines) is 2. The zero-order valence-corrected chi connectivity index (χ0v) is 15.1. The lowest BCUT2D eigenvalue weighted by atomic mass is 9.86. The number of nitrogens with one attached hydrogen (secondary N) is 1. The molecule has 3 aliphatic heterocycles. The number of piperidine rings is 1. The Bertz CT molecular complexity index is 468. The van der Waals surface area contributed by atoms with E-state index >= 15 is 0 Å². The summed E-state index contributed by atoms with van der Waals surface area (Å²) in [6, 6.07) is -0.145. The fourth-order valence-corrected chi connectivity index (χ4v) is 4.56.